The number of hydrogen-bond donors (Lipinski definition) is 1. The van der Waals surface area contributed by atoms with Gasteiger partial charge in [0.1, 0.15) is 0 Å². The molecule has 19 heavy (non-hydrogen) atoms. The molecule has 1 aliphatic heterocycles. The number of nitrogens with two attached hydrogens (primary N) is 1. The first kappa shape index (κ1) is 13.8. The minimum atomic E-state index is -0.337. The Labute approximate surface area is 113 Å². The van der Waals surface area contributed by atoms with Crippen molar-refractivity contribution in [2.45, 2.75) is 32.7 Å². The molecule has 0 aromatic heterocycles. The number of non-ortho nitro benzene ring substituents is 1. The van der Waals surface area contributed by atoms with Crippen molar-refractivity contribution in [2.24, 2.45) is 11.7 Å². The molecule has 5 nitrogen and oxygen atoms in total. The molecule has 1 aromatic carbocycles. The van der Waals surface area contributed by atoms with Crippen LogP contribution >= 0.6 is 0 Å². The third kappa shape index (κ3) is 2.87. The van der Waals surface area contributed by atoms with Gasteiger partial charge in [-0.3, -0.25) is 10.1 Å². The van der Waals surface area contributed by atoms with E-state index in [1.807, 2.05) is 13.0 Å². The summed E-state index contributed by atoms with van der Waals surface area (Å²) in [5.74, 6) is 0.465. The van der Waals surface area contributed by atoms with Crippen molar-refractivity contribution < 1.29 is 4.92 Å². The molecule has 1 saturated heterocycles. The Balaban J connectivity index is 2.26. The quantitative estimate of drug-likeness (QED) is 0.671. The van der Waals surface area contributed by atoms with Gasteiger partial charge in [0.15, 0.2) is 0 Å². The smallest absolute Gasteiger partial charge is 0.271 e. The molecule has 0 saturated carbocycles. The molecular weight excluding hydrogens is 242 g/mol. The molecule has 2 unspecified atom stereocenters. The number of hydrogen-bond acceptors (Lipinski definition) is 4. The van der Waals surface area contributed by atoms with Crippen LogP contribution in [0.25, 0.3) is 0 Å². The number of anilines is 1. The van der Waals surface area contributed by atoms with Gasteiger partial charge in [0.2, 0.25) is 0 Å². The molecule has 0 bridgehead atoms. The van der Waals surface area contributed by atoms with Gasteiger partial charge in [-0.25, -0.2) is 0 Å². The van der Waals surface area contributed by atoms with Gasteiger partial charge < -0.3 is 10.6 Å². The number of nitro benzene ring substituents is 1. The molecule has 0 aliphatic carbocycles. The highest BCUT2D eigenvalue weighted by Crippen LogP contribution is 2.30. The van der Waals surface area contributed by atoms with E-state index in [-0.39, 0.29) is 16.7 Å². The van der Waals surface area contributed by atoms with Crippen molar-refractivity contribution in [3.63, 3.8) is 0 Å². The molecule has 1 aromatic rings. The normalized spacial score (nSPS) is 23.4. The van der Waals surface area contributed by atoms with E-state index in [1.54, 1.807) is 12.1 Å². The molecule has 0 radical (unpaired) electrons. The van der Waals surface area contributed by atoms with Crippen molar-refractivity contribution in [3.05, 3.63) is 33.9 Å². The predicted molar refractivity (Wildman–Crippen MR) is 76.4 cm³/mol. The molecule has 0 spiro atoms. The Kier molecular flexibility index (Phi) is 4.04. The monoisotopic (exact) mass is 263 g/mol. The van der Waals surface area contributed by atoms with Gasteiger partial charge in [-0.15, -0.1) is 0 Å². The zero-order chi connectivity index (χ0) is 14.0. The lowest BCUT2D eigenvalue weighted by atomic mass is 9.90. The van der Waals surface area contributed by atoms with Gasteiger partial charge in [0.05, 0.1) is 4.92 Å². The summed E-state index contributed by atoms with van der Waals surface area (Å²) >= 11 is 0. The summed E-state index contributed by atoms with van der Waals surface area (Å²) in [5.41, 5.74) is 8.32. The second-order valence-corrected chi connectivity index (χ2v) is 5.29. The second-order valence-electron chi connectivity index (χ2n) is 5.29. The molecule has 1 fully saturated rings. The molecule has 104 valence electrons. The van der Waals surface area contributed by atoms with Crippen LogP contribution in [0.5, 0.6) is 0 Å². The van der Waals surface area contributed by atoms with E-state index in [9.17, 15) is 10.1 Å². The highest BCUT2D eigenvalue weighted by atomic mass is 16.6. The first-order chi connectivity index (χ1) is 9.02. The van der Waals surface area contributed by atoms with E-state index in [1.165, 1.54) is 0 Å². The third-order valence-corrected chi connectivity index (χ3v) is 4.06. The van der Waals surface area contributed by atoms with E-state index >= 15 is 0 Å². The third-order valence-electron chi connectivity index (χ3n) is 4.06. The molecule has 2 N–H and O–H groups in total. The lowest BCUT2D eigenvalue weighted by Gasteiger charge is -2.38. The lowest BCUT2D eigenvalue weighted by molar-refractivity contribution is -0.384. The summed E-state index contributed by atoms with van der Waals surface area (Å²) < 4.78 is 0. The fraction of sp³-hybridized carbons (Fsp3) is 0.571. The Morgan fingerprint density at radius 1 is 1.53 bits per heavy atom. The lowest BCUT2D eigenvalue weighted by Crippen LogP contribution is -2.47. The van der Waals surface area contributed by atoms with Gasteiger partial charge in [-0.05, 0) is 24.8 Å². The van der Waals surface area contributed by atoms with Crippen LogP contribution in [0.1, 0.15) is 25.3 Å². The van der Waals surface area contributed by atoms with Crippen LogP contribution in [0.15, 0.2) is 18.2 Å². The van der Waals surface area contributed by atoms with Crippen molar-refractivity contribution >= 4 is 11.4 Å². The van der Waals surface area contributed by atoms with E-state index in [2.05, 4.69) is 11.8 Å². The number of aryl methyl sites for hydroxylation is 1. The maximum absolute atomic E-state index is 10.9. The Hall–Kier alpha value is -1.62. The topological polar surface area (TPSA) is 72.4 Å². The van der Waals surface area contributed by atoms with E-state index < -0.39 is 0 Å². The predicted octanol–water partition coefficient (Wildman–Crippen LogP) is 2.47. The van der Waals surface area contributed by atoms with Crippen LogP contribution in [-0.2, 0) is 0 Å². The summed E-state index contributed by atoms with van der Waals surface area (Å²) in [6.45, 7) is 5.90. The van der Waals surface area contributed by atoms with Gasteiger partial charge in [-0.2, -0.15) is 0 Å². The highest BCUT2D eigenvalue weighted by Gasteiger charge is 2.26. The van der Waals surface area contributed by atoms with Gasteiger partial charge in [-0.1, -0.05) is 19.4 Å². The molecule has 2 atom stereocenters. The molecule has 1 aliphatic rings. The first-order valence-corrected chi connectivity index (χ1v) is 6.78. The average molecular weight is 263 g/mol. The van der Waals surface area contributed by atoms with E-state index in [0.29, 0.717) is 5.92 Å². The minimum Gasteiger partial charge on any atom is -0.371 e. The van der Waals surface area contributed by atoms with Crippen LogP contribution in [0.4, 0.5) is 11.4 Å². The average Bonchev–Trinajstić information content (AvgIpc) is 2.40. The summed E-state index contributed by atoms with van der Waals surface area (Å²) in [7, 11) is 0. The van der Waals surface area contributed by atoms with Crippen LogP contribution in [-0.4, -0.2) is 24.1 Å². The summed E-state index contributed by atoms with van der Waals surface area (Å²) in [6.07, 6.45) is 1.99. The van der Waals surface area contributed by atoms with Crippen molar-refractivity contribution in [3.8, 4) is 0 Å². The van der Waals surface area contributed by atoms with Crippen LogP contribution in [0, 0.1) is 23.0 Å². The molecular formula is C14H21N3O2. The summed E-state index contributed by atoms with van der Waals surface area (Å²) in [4.78, 5) is 12.8. The molecule has 1 heterocycles. The zero-order valence-corrected chi connectivity index (χ0v) is 11.5. The van der Waals surface area contributed by atoms with Gasteiger partial charge in [0.25, 0.3) is 5.69 Å². The van der Waals surface area contributed by atoms with E-state index in [0.717, 1.165) is 37.2 Å². The Bertz CT molecular complexity index is 476. The largest absolute Gasteiger partial charge is 0.371 e. The minimum absolute atomic E-state index is 0.156. The molecule has 5 heteroatoms. The van der Waals surface area contributed by atoms with Crippen molar-refractivity contribution in [2.75, 3.05) is 18.0 Å². The van der Waals surface area contributed by atoms with E-state index in [4.69, 9.17) is 5.73 Å². The van der Waals surface area contributed by atoms with Gasteiger partial charge >= 0.3 is 0 Å². The van der Waals surface area contributed by atoms with Crippen LogP contribution in [0.2, 0.25) is 0 Å². The number of nitro groups is 1. The first-order valence-electron chi connectivity index (χ1n) is 6.78. The molecule has 2 rings (SSSR count). The van der Waals surface area contributed by atoms with Crippen LogP contribution in [0.3, 0.4) is 0 Å². The molecule has 0 amide bonds. The highest BCUT2D eigenvalue weighted by molar-refractivity contribution is 5.59. The fourth-order valence-electron chi connectivity index (χ4n) is 2.75. The SMILES string of the molecule is CCC1CN(c2cc([N+](=O)[O-])ccc2C)CCC1N. The van der Waals surface area contributed by atoms with Crippen LogP contribution < -0.4 is 10.6 Å². The summed E-state index contributed by atoms with van der Waals surface area (Å²) in [5, 5.41) is 10.9. The zero-order valence-electron chi connectivity index (χ0n) is 11.5. The maximum atomic E-state index is 10.9. The second kappa shape index (κ2) is 5.57. The number of rotatable bonds is 3. The number of nitrogens with zero attached hydrogens (tertiary/aromatic N) is 2. The van der Waals surface area contributed by atoms with Crippen molar-refractivity contribution in [1.82, 2.24) is 0 Å². The number of piperidine rings is 1. The Morgan fingerprint density at radius 2 is 2.26 bits per heavy atom. The fourth-order valence-corrected chi connectivity index (χ4v) is 2.75. The standard InChI is InChI=1S/C14H21N3O2/c1-3-11-9-16(7-6-13(11)15)14-8-12(17(18)19)5-4-10(14)2/h4-5,8,11,13H,3,6-7,9,15H2,1-2H3. The van der Waals surface area contributed by atoms with Crippen molar-refractivity contribution in [1.29, 1.82) is 0 Å². The Morgan fingerprint density at radius 3 is 2.89 bits per heavy atom. The van der Waals surface area contributed by atoms with Gasteiger partial charge in [0, 0.05) is 37.0 Å². The summed E-state index contributed by atoms with van der Waals surface area (Å²) in [6, 6.07) is 5.31. The maximum Gasteiger partial charge on any atom is 0.271 e. The number of benzene rings is 1.